The van der Waals surface area contributed by atoms with Crippen LogP contribution in [-0.2, 0) is 20.6 Å². The zero-order valence-corrected chi connectivity index (χ0v) is 13.7. The summed E-state index contributed by atoms with van der Waals surface area (Å²) in [6.45, 7) is 2.47. The monoisotopic (exact) mass is 337 g/mol. The predicted octanol–water partition coefficient (Wildman–Crippen LogP) is 2.88. The topological polar surface area (TPSA) is 46.6 Å². The fourth-order valence-electron chi connectivity index (χ4n) is 2.36. The summed E-state index contributed by atoms with van der Waals surface area (Å²) in [6, 6.07) is 4.45. The van der Waals surface area contributed by atoms with Crippen molar-refractivity contribution in [3.8, 4) is 0 Å². The smallest absolute Gasteiger partial charge is 0.243 e. The maximum atomic E-state index is 12.6. The summed E-state index contributed by atoms with van der Waals surface area (Å²) in [4.78, 5) is 0.208. The van der Waals surface area contributed by atoms with Gasteiger partial charge in [0.1, 0.15) is 0 Å². The zero-order valence-electron chi connectivity index (χ0n) is 11.3. The molecule has 1 heterocycles. The van der Waals surface area contributed by atoms with Gasteiger partial charge >= 0.3 is 0 Å². The van der Waals surface area contributed by atoms with Crippen LogP contribution in [0.15, 0.2) is 23.1 Å². The van der Waals surface area contributed by atoms with Crippen molar-refractivity contribution in [2.24, 2.45) is 0 Å². The first-order chi connectivity index (χ1) is 9.37. The van der Waals surface area contributed by atoms with Gasteiger partial charge < -0.3 is 4.74 Å². The molecule has 0 spiro atoms. The molecule has 1 aromatic rings. The number of hydrogen-bond acceptors (Lipinski definition) is 3. The van der Waals surface area contributed by atoms with Crippen LogP contribution >= 0.6 is 23.2 Å². The Morgan fingerprint density at radius 1 is 1.45 bits per heavy atom. The molecule has 0 N–H and O–H groups in total. The molecule has 0 radical (unpaired) electrons. The fraction of sp³-hybridized carbons (Fsp3) is 0.538. The van der Waals surface area contributed by atoms with E-state index in [4.69, 9.17) is 27.9 Å². The van der Waals surface area contributed by atoms with Gasteiger partial charge in [-0.3, -0.25) is 0 Å². The SMILES string of the molecule is CC1OCCC1N(C)S(=O)(=O)c1ccc(Cl)c(CCl)c1. The van der Waals surface area contributed by atoms with Gasteiger partial charge in [-0.1, -0.05) is 11.6 Å². The van der Waals surface area contributed by atoms with Crippen LogP contribution in [0, 0.1) is 0 Å². The van der Waals surface area contributed by atoms with E-state index in [-0.39, 0.29) is 22.9 Å². The first-order valence-corrected chi connectivity index (χ1v) is 8.67. The van der Waals surface area contributed by atoms with E-state index in [1.54, 1.807) is 13.1 Å². The average molecular weight is 338 g/mol. The van der Waals surface area contributed by atoms with E-state index in [0.29, 0.717) is 23.6 Å². The number of halogens is 2. The summed E-state index contributed by atoms with van der Waals surface area (Å²) in [7, 11) is -1.99. The molecule has 1 saturated heterocycles. The second-order valence-electron chi connectivity index (χ2n) is 4.84. The molecule has 112 valence electrons. The Kier molecular flexibility index (Phi) is 4.97. The molecular weight excluding hydrogens is 321 g/mol. The summed E-state index contributed by atoms with van der Waals surface area (Å²) < 4.78 is 32.1. The number of rotatable bonds is 4. The van der Waals surface area contributed by atoms with E-state index in [0.717, 1.165) is 0 Å². The molecule has 7 heteroatoms. The molecule has 2 unspecified atom stereocenters. The summed E-state index contributed by atoms with van der Waals surface area (Å²) in [5.74, 6) is 0.175. The third-order valence-corrected chi connectivity index (χ3v) is 6.18. The largest absolute Gasteiger partial charge is 0.377 e. The molecular formula is C13H17Cl2NO3S. The number of ether oxygens (including phenoxy) is 1. The Balaban J connectivity index is 2.34. The van der Waals surface area contributed by atoms with E-state index >= 15 is 0 Å². The van der Waals surface area contributed by atoms with Gasteiger partial charge in [-0.25, -0.2) is 8.42 Å². The zero-order chi connectivity index (χ0) is 14.9. The Morgan fingerprint density at radius 3 is 2.70 bits per heavy atom. The molecule has 2 atom stereocenters. The van der Waals surface area contributed by atoms with Gasteiger partial charge in [0.2, 0.25) is 10.0 Å². The normalized spacial score (nSPS) is 23.4. The molecule has 0 saturated carbocycles. The van der Waals surface area contributed by atoms with E-state index in [1.807, 2.05) is 6.92 Å². The molecule has 0 amide bonds. The van der Waals surface area contributed by atoms with Gasteiger partial charge in [0, 0.05) is 24.6 Å². The number of nitrogens with zero attached hydrogens (tertiary/aromatic N) is 1. The number of benzene rings is 1. The first kappa shape index (κ1) is 16.0. The van der Waals surface area contributed by atoms with E-state index in [9.17, 15) is 8.42 Å². The molecule has 1 aliphatic rings. The van der Waals surface area contributed by atoms with E-state index in [2.05, 4.69) is 0 Å². The van der Waals surface area contributed by atoms with Crippen LogP contribution in [0.5, 0.6) is 0 Å². The fourth-order valence-corrected chi connectivity index (χ4v) is 4.33. The second-order valence-corrected chi connectivity index (χ2v) is 7.51. The van der Waals surface area contributed by atoms with Crippen LogP contribution in [0.1, 0.15) is 18.9 Å². The molecule has 4 nitrogen and oxygen atoms in total. The maximum absolute atomic E-state index is 12.6. The molecule has 2 rings (SSSR count). The minimum atomic E-state index is -3.57. The summed E-state index contributed by atoms with van der Waals surface area (Å²) >= 11 is 11.7. The van der Waals surface area contributed by atoms with Crippen molar-refractivity contribution in [1.29, 1.82) is 0 Å². The highest BCUT2D eigenvalue weighted by atomic mass is 35.5. The minimum Gasteiger partial charge on any atom is -0.377 e. The lowest BCUT2D eigenvalue weighted by Crippen LogP contribution is -2.40. The van der Waals surface area contributed by atoms with Crippen LogP contribution in [0.3, 0.4) is 0 Å². The van der Waals surface area contributed by atoms with Gasteiger partial charge in [0.05, 0.1) is 17.0 Å². The Labute approximate surface area is 129 Å². The van der Waals surface area contributed by atoms with Crippen LogP contribution < -0.4 is 0 Å². The third kappa shape index (κ3) is 2.97. The van der Waals surface area contributed by atoms with Gasteiger partial charge in [-0.15, -0.1) is 11.6 Å². The van der Waals surface area contributed by atoms with Crippen molar-refractivity contribution in [1.82, 2.24) is 4.31 Å². The van der Waals surface area contributed by atoms with Crippen molar-refractivity contribution in [3.63, 3.8) is 0 Å². The summed E-state index contributed by atoms with van der Waals surface area (Å²) in [6.07, 6.45) is 0.599. The molecule has 0 aromatic heterocycles. The molecule has 20 heavy (non-hydrogen) atoms. The lowest BCUT2D eigenvalue weighted by atomic mass is 10.2. The highest BCUT2D eigenvalue weighted by Gasteiger charge is 2.35. The lowest BCUT2D eigenvalue weighted by molar-refractivity contribution is 0.102. The van der Waals surface area contributed by atoms with Gasteiger partial charge in [0.25, 0.3) is 0 Å². The first-order valence-electron chi connectivity index (χ1n) is 6.32. The maximum Gasteiger partial charge on any atom is 0.243 e. The van der Waals surface area contributed by atoms with Crippen molar-refractivity contribution in [2.75, 3.05) is 13.7 Å². The van der Waals surface area contributed by atoms with Crippen LogP contribution in [0.4, 0.5) is 0 Å². The van der Waals surface area contributed by atoms with Gasteiger partial charge in [-0.05, 0) is 37.1 Å². The Bertz CT molecular complexity index is 591. The Morgan fingerprint density at radius 2 is 2.15 bits per heavy atom. The van der Waals surface area contributed by atoms with Crippen LogP contribution in [0.25, 0.3) is 0 Å². The quantitative estimate of drug-likeness (QED) is 0.793. The standard InChI is InChI=1S/C13H17Cl2NO3S/c1-9-13(5-6-19-9)16(2)20(17,18)11-3-4-12(15)10(7-11)8-14/h3-4,7,9,13H,5-6,8H2,1-2H3. The van der Waals surface area contributed by atoms with Crippen molar-refractivity contribution < 1.29 is 13.2 Å². The van der Waals surface area contributed by atoms with Gasteiger partial charge in [-0.2, -0.15) is 4.31 Å². The number of likely N-dealkylation sites (N-methyl/N-ethyl adjacent to an activating group) is 1. The van der Waals surface area contributed by atoms with E-state index in [1.165, 1.54) is 16.4 Å². The minimum absolute atomic E-state index is 0.102. The Hall–Kier alpha value is -0.330. The average Bonchev–Trinajstić information content (AvgIpc) is 2.84. The highest BCUT2D eigenvalue weighted by molar-refractivity contribution is 7.89. The molecule has 0 bridgehead atoms. The highest BCUT2D eigenvalue weighted by Crippen LogP contribution is 2.27. The van der Waals surface area contributed by atoms with Crippen molar-refractivity contribution in [2.45, 2.75) is 36.3 Å². The number of alkyl halides is 1. The van der Waals surface area contributed by atoms with Crippen LogP contribution in [0.2, 0.25) is 5.02 Å². The molecule has 1 aromatic carbocycles. The molecule has 0 aliphatic carbocycles. The molecule has 1 fully saturated rings. The molecule has 1 aliphatic heterocycles. The van der Waals surface area contributed by atoms with Crippen molar-refractivity contribution >= 4 is 33.2 Å². The van der Waals surface area contributed by atoms with Crippen molar-refractivity contribution in [3.05, 3.63) is 28.8 Å². The van der Waals surface area contributed by atoms with Gasteiger partial charge in [0.15, 0.2) is 0 Å². The summed E-state index contributed by atoms with van der Waals surface area (Å²) in [5.41, 5.74) is 0.610. The van der Waals surface area contributed by atoms with E-state index < -0.39 is 10.0 Å². The van der Waals surface area contributed by atoms with Crippen LogP contribution in [-0.4, -0.2) is 38.5 Å². The lowest BCUT2D eigenvalue weighted by Gasteiger charge is -2.26. The third-order valence-electron chi connectivity index (χ3n) is 3.64. The second kappa shape index (κ2) is 6.20. The number of hydrogen-bond donors (Lipinski definition) is 0. The predicted molar refractivity (Wildman–Crippen MR) is 79.8 cm³/mol. The summed E-state index contributed by atoms with van der Waals surface area (Å²) in [5, 5.41) is 0.471. The number of sulfonamides is 1.